The van der Waals surface area contributed by atoms with E-state index in [1.165, 1.54) is 4.90 Å². The van der Waals surface area contributed by atoms with E-state index >= 15 is 0 Å². The number of carbonyl (C=O) groups is 2. The molecule has 3 nitrogen and oxygen atoms in total. The summed E-state index contributed by atoms with van der Waals surface area (Å²) in [4.78, 5) is 26.4. The highest BCUT2D eigenvalue weighted by Crippen LogP contribution is 2.46. The molecule has 1 heterocycles. The fourth-order valence-corrected chi connectivity index (χ4v) is 4.30. The molecule has 0 aromatic heterocycles. The van der Waals surface area contributed by atoms with Gasteiger partial charge >= 0.3 is 0 Å². The number of benzene rings is 1. The highest BCUT2D eigenvalue weighted by Gasteiger charge is 2.53. The molecular weight excluding hydrogens is 389 g/mol. The van der Waals surface area contributed by atoms with Crippen LogP contribution in [0.4, 0.5) is 5.69 Å². The molecule has 1 aromatic carbocycles. The summed E-state index contributed by atoms with van der Waals surface area (Å²) in [6.07, 6.45) is 2.71. The van der Waals surface area contributed by atoms with Gasteiger partial charge in [-0.2, -0.15) is 0 Å². The Bertz CT molecular complexity index is 565. The van der Waals surface area contributed by atoms with Crippen LogP contribution in [0.1, 0.15) is 26.2 Å². The molecule has 0 bridgehead atoms. The normalized spacial score (nSPS) is 29.1. The molecule has 5 heteroatoms. The van der Waals surface area contributed by atoms with Crippen LogP contribution >= 0.6 is 34.2 Å². The molecule has 20 heavy (non-hydrogen) atoms. The van der Waals surface area contributed by atoms with Gasteiger partial charge in [0.05, 0.1) is 22.5 Å². The number of halogens is 2. The van der Waals surface area contributed by atoms with E-state index in [-0.39, 0.29) is 23.7 Å². The van der Waals surface area contributed by atoms with Crippen molar-refractivity contribution in [3.05, 3.63) is 26.8 Å². The lowest BCUT2D eigenvalue weighted by Crippen LogP contribution is -2.32. The smallest absolute Gasteiger partial charge is 0.237 e. The second-order valence-electron chi connectivity index (χ2n) is 5.57. The first-order valence-corrected chi connectivity index (χ1v) is 8.31. The summed E-state index contributed by atoms with van der Waals surface area (Å²) >= 11 is 8.36. The Morgan fingerprint density at radius 2 is 1.85 bits per heavy atom. The van der Waals surface area contributed by atoms with Crippen LogP contribution in [0.15, 0.2) is 18.2 Å². The van der Waals surface area contributed by atoms with Crippen molar-refractivity contribution in [1.82, 2.24) is 0 Å². The zero-order valence-electron chi connectivity index (χ0n) is 11.1. The molecule has 2 unspecified atom stereocenters. The Balaban J connectivity index is 1.94. The number of imide groups is 1. The summed E-state index contributed by atoms with van der Waals surface area (Å²) in [5, 5.41) is 0.464. The predicted octanol–water partition coefficient (Wildman–Crippen LogP) is 3.87. The molecule has 2 atom stereocenters. The quantitative estimate of drug-likeness (QED) is 0.555. The van der Waals surface area contributed by atoms with Crippen LogP contribution in [0, 0.1) is 21.3 Å². The number of fused-ring (bicyclic) bond motifs is 1. The number of hydrogen-bond acceptors (Lipinski definition) is 2. The third kappa shape index (κ3) is 2.17. The maximum atomic E-state index is 12.5. The van der Waals surface area contributed by atoms with E-state index in [0.29, 0.717) is 16.6 Å². The number of hydrogen-bond donors (Lipinski definition) is 0. The van der Waals surface area contributed by atoms with Gasteiger partial charge in [0.2, 0.25) is 11.8 Å². The van der Waals surface area contributed by atoms with Gasteiger partial charge in [0.25, 0.3) is 0 Å². The van der Waals surface area contributed by atoms with Gasteiger partial charge in [0.15, 0.2) is 0 Å². The largest absolute Gasteiger partial charge is 0.274 e. The van der Waals surface area contributed by atoms with Crippen molar-refractivity contribution in [3.8, 4) is 0 Å². The van der Waals surface area contributed by atoms with Crippen molar-refractivity contribution < 1.29 is 9.59 Å². The minimum Gasteiger partial charge on any atom is -0.274 e. The highest BCUT2D eigenvalue weighted by atomic mass is 127. The third-order valence-corrected chi connectivity index (χ3v) is 5.44. The molecule has 2 amide bonds. The SMILES string of the molecule is CCC1CC2C(=O)N(c3ccc(I)cc3Cl)C(=O)C2C1. The maximum Gasteiger partial charge on any atom is 0.237 e. The van der Waals surface area contributed by atoms with E-state index in [1.54, 1.807) is 12.1 Å². The number of nitrogens with zero attached hydrogens (tertiary/aromatic N) is 1. The second kappa shape index (κ2) is 5.30. The van der Waals surface area contributed by atoms with Crippen molar-refractivity contribution in [1.29, 1.82) is 0 Å². The second-order valence-corrected chi connectivity index (χ2v) is 7.22. The fraction of sp³-hybridized carbons (Fsp3) is 0.467. The monoisotopic (exact) mass is 403 g/mol. The topological polar surface area (TPSA) is 37.4 Å². The molecule has 3 rings (SSSR count). The van der Waals surface area contributed by atoms with Crippen molar-refractivity contribution in [2.24, 2.45) is 17.8 Å². The van der Waals surface area contributed by atoms with Gasteiger partial charge in [-0.3, -0.25) is 9.59 Å². The molecule has 0 N–H and O–H groups in total. The predicted molar refractivity (Wildman–Crippen MR) is 86.7 cm³/mol. The lowest BCUT2D eigenvalue weighted by Gasteiger charge is -2.18. The van der Waals surface area contributed by atoms with E-state index in [2.05, 4.69) is 29.5 Å². The molecule has 1 saturated carbocycles. The van der Waals surface area contributed by atoms with Gasteiger partial charge < -0.3 is 0 Å². The van der Waals surface area contributed by atoms with Gasteiger partial charge in [-0.05, 0) is 59.5 Å². The molecule has 106 valence electrons. The Hall–Kier alpha value is -0.620. The van der Waals surface area contributed by atoms with Crippen LogP contribution in [-0.4, -0.2) is 11.8 Å². The van der Waals surface area contributed by atoms with Crippen molar-refractivity contribution in [2.45, 2.75) is 26.2 Å². The van der Waals surface area contributed by atoms with Gasteiger partial charge in [-0.15, -0.1) is 0 Å². The molecule has 0 radical (unpaired) electrons. The van der Waals surface area contributed by atoms with Crippen LogP contribution in [0.3, 0.4) is 0 Å². The lowest BCUT2D eigenvalue weighted by atomic mass is 10.00. The van der Waals surface area contributed by atoms with Crippen LogP contribution < -0.4 is 4.90 Å². The van der Waals surface area contributed by atoms with E-state index < -0.39 is 0 Å². The third-order valence-electron chi connectivity index (χ3n) is 4.46. The Kier molecular flexibility index (Phi) is 3.79. The Morgan fingerprint density at radius 1 is 1.25 bits per heavy atom. The first-order valence-electron chi connectivity index (χ1n) is 6.85. The summed E-state index contributed by atoms with van der Waals surface area (Å²) in [5.41, 5.74) is 0.532. The fourth-order valence-electron chi connectivity index (χ4n) is 3.36. The standard InChI is InChI=1S/C15H15ClINO2/c1-2-8-5-10-11(6-8)15(20)18(14(10)19)13-4-3-9(17)7-12(13)16/h3-4,7-8,10-11H,2,5-6H2,1H3. The molecule has 2 fully saturated rings. The number of carbonyl (C=O) groups excluding carboxylic acids is 2. The summed E-state index contributed by atoms with van der Waals surface area (Å²) in [7, 11) is 0. The van der Waals surface area contributed by atoms with E-state index in [1.807, 2.05) is 6.07 Å². The molecule has 1 aliphatic heterocycles. The van der Waals surface area contributed by atoms with Gasteiger partial charge in [-0.1, -0.05) is 24.9 Å². The summed E-state index contributed by atoms with van der Waals surface area (Å²) in [6.45, 7) is 2.12. The average molecular weight is 404 g/mol. The van der Waals surface area contributed by atoms with Crippen LogP contribution in [0.5, 0.6) is 0 Å². The lowest BCUT2D eigenvalue weighted by molar-refractivity contribution is -0.123. The maximum absolute atomic E-state index is 12.5. The zero-order chi connectivity index (χ0) is 14.4. The summed E-state index contributed by atoms with van der Waals surface area (Å²) in [5.74, 6) is 0.0935. The minimum absolute atomic E-state index is 0.0703. The molecular formula is C15H15ClINO2. The minimum atomic E-state index is -0.136. The number of rotatable bonds is 2. The first kappa shape index (κ1) is 14.3. The van der Waals surface area contributed by atoms with E-state index in [0.717, 1.165) is 22.8 Å². The van der Waals surface area contributed by atoms with Crippen molar-refractivity contribution in [3.63, 3.8) is 0 Å². The molecule has 1 aliphatic carbocycles. The Labute approximate surface area is 136 Å². The van der Waals surface area contributed by atoms with Gasteiger partial charge in [0.1, 0.15) is 0 Å². The molecule has 1 aromatic rings. The average Bonchev–Trinajstić information content (AvgIpc) is 2.93. The first-order chi connectivity index (χ1) is 9.52. The number of anilines is 1. The number of amides is 2. The molecule has 1 saturated heterocycles. The molecule has 2 aliphatic rings. The van der Waals surface area contributed by atoms with E-state index in [9.17, 15) is 9.59 Å². The summed E-state index contributed by atoms with van der Waals surface area (Å²) in [6, 6.07) is 5.41. The van der Waals surface area contributed by atoms with Crippen LogP contribution in [0.2, 0.25) is 5.02 Å². The van der Waals surface area contributed by atoms with Crippen molar-refractivity contribution in [2.75, 3.05) is 4.90 Å². The summed E-state index contributed by atoms with van der Waals surface area (Å²) < 4.78 is 0.988. The highest BCUT2D eigenvalue weighted by molar-refractivity contribution is 14.1. The molecule has 0 spiro atoms. The van der Waals surface area contributed by atoms with E-state index in [4.69, 9.17) is 11.6 Å². The van der Waals surface area contributed by atoms with Crippen molar-refractivity contribution >= 4 is 51.7 Å². The van der Waals surface area contributed by atoms with Crippen LogP contribution in [0.25, 0.3) is 0 Å². The van der Waals surface area contributed by atoms with Gasteiger partial charge in [0, 0.05) is 3.57 Å². The zero-order valence-corrected chi connectivity index (χ0v) is 14.0. The van der Waals surface area contributed by atoms with Crippen LogP contribution in [-0.2, 0) is 9.59 Å². The Morgan fingerprint density at radius 3 is 2.35 bits per heavy atom. The van der Waals surface area contributed by atoms with Gasteiger partial charge in [-0.25, -0.2) is 4.90 Å².